The van der Waals surface area contributed by atoms with Gasteiger partial charge in [-0.05, 0) is 81.6 Å². The Morgan fingerprint density at radius 1 is 0.426 bits per heavy atom. The topological polar surface area (TPSA) is 430 Å². The van der Waals surface area contributed by atoms with Crippen molar-refractivity contribution in [1.82, 2.24) is 21.3 Å². The highest BCUT2D eigenvalue weighted by Crippen LogP contribution is 2.44. The summed E-state index contributed by atoms with van der Waals surface area (Å²) in [5.41, 5.74) is 9.66. The Hall–Kier alpha value is -8.23. The van der Waals surface area contributed by atoms with Crippen molar-refractivity contribution in [2.24, 2.45) is 28.2 Å². The van der Waals surface area contributed by atoms with Crippen molar-refractivity contribution >= 4 is 39.4 Å². The molecule has 5 fully saturated rings. The van der Waals surface area contributed by atoms with E-state index in [0.29, 0.717) is 38.5 Å². The summed E-state index contributed by atoms with van der Waals surface area (Å²) in [5.74, 6) is -1.07. The first-order chi connectivity index (χ1) is 58.6. The lowest BCUT2D eigenvalue weighted by molar-refractivity contribution is -0.287. The number of hydrogen-bond donors (Lipinski definition) is 10. The van der Waals surface area contributed by atoms with E-state index in [4.69, 9.17) is 86.3 Å². The second-order valence-electron chi connectivity index (χ2n) is 31.0. The molecular formula is C88H121N6O27P. The Bertz CT molecular complexity index is 4000. The van der Waals surface area contributed by atoms with Crippen LogP contribution in [0.15, 0.2) is 175 Å². The number of aliphatic hydroxyl groups is 5. The lowest BCUT2D eigenvalue weighted by Gasteiger charge is -2.45. The zero-order valence-corrected chi connectivity index (χ0v) is 69.9. The lowest BCUT2D eigenvalue weighted by Crippen LogP contribution is -2.61. The normalized spacial score (nSPS) is 34.9. The SMILES string of the molecule is C.CC[C@H]1C=C[C@@H](NC(=O)OCc2ccccc2)[C@@H](O[C@H]2[C@@H](O)[C@H](O[C@@H]3[C@@H](O)[C@H](N)C[C@H](C)[C@H]3O[C@H]3O[C@H](CC)C=C[C@H]3NC(=O)OCc3ccccc3)O[C@@H]2CO)O1.CC[C@H]1C=C[C@@H](NC(=O)OCc2ccccc2)[C@@H](O[C@H]2[C@@H](O)[C@H](O[C@@H]3[C@H]4OC(=O)C[C@@H]4C[C@H](C)[C@H]3O[C@H]3O[C@H](CC)C=C[C@H]3NC(=O)OCc3ccccc3)O[C@@H]2CO)O1.CN=P. The highest BCUT2D eigenvalue weighted by Gasteiger charge is 2.57. The number of rotatable bonds is 30. The molecule has 0 spiro atoms. The molecule has 7 heterocycles. The molecular weight excluding hydrogens is 1600 g/mol. The van der Waals surface area contributed by atoms with Crippen LogP contribution in [0.2, 0.25) is 0 Å². The summed E-state index contributed by atoms with van der Waals surface area (Å²) in [5, 5.41) is 66.9. The zero-order valence-electron chi connectivity index (χ0n) is 68.9. The first kappa shape index (κ1) is 96.0. The van der Waals surface area contributed by atoms with Crippen LogP contribution in [0.25, 0.3) is 0 Å². The molecule has 4 aromatic rings. The van der Waals surface area contributed by atoms with Crippen molar-refractivity contribution in [2.75, 3.05) is 20.3 Å². The number of aliphatic hydroxyl groups excluding tert-OH is 5. The second kappa shape index (κ2) is 47.7. The van der Waals surface area contributed by atoms with Crippen molar-refractivity contribution in [1.29, 1.82) is 0 Å². The predicted octanol–water partition coefficient (Wildman–Crippen LogP) is 8.66. The van der Waals surface area contributed by atoms with Gasteiger partial charge in [-0.25, -0.2) is 19.2 Å². The molecule has 122 heavy (non-hydrogen) atoms. The first-order valence-electron chi connectivity index (χ1n) is 41.5. The molecule has 0 aromatic heterocycles. The van der Waals surface area contributed by atoms with E-state index in [0.717, 1.165) is 22.3 Å². The van der Waals surface area contributed by atoms with Gasteiger partial charge < -0.3 is 133 Å². The third-order valence-corrected chi connectivity index (χ3v) is 22.2. The minimum Gasteiger partial charge on any atom is -0.459 e. The Labute approximate surface area is 714 Å². The van der Waals surface area contributed by atoms with Crippen LogP contribution in [-0.2, 0) is 112 Å². The van der Waals surface area contributed by atoms with Crippen LogP contribution in [0, 0.1) is 17.8 Å². The second-order valence-corrected chi connectivity index (χ2v) is 31.5. The number of benzene rings is 4. The van der Waals surface area contributed by atoms with Gasteiger partial charge in [0, 0.05) is 19.0 Å². The maximum Gasteiger partial charge on any atom is 0.408 e. The van der Waals surface area contributed by atoms with Gasteiger partial charge in [0.1, 0.15) is 106 Å². The van der Waals surface area contributed by atoms with E-state index in [9.17, 15) is 49.5 Å². The maximum absolute atomic E-state index is 13.0. The molecule has 7 aliphatic heterocycles. The minimum atomic E-state index is -1.49. The molecule has 30 atom stereocenters. The smallest absolute Gasteiger partial charge is 0.408 e. The van der Waals surface area contributed by atoms with Crippen molar-refractivity contribution in [2.45, 2.75) is 286 Å². The molecule has 34 heteroatoms. The van der Waals surface area contributed by atoms with E-state index >= 15 is 0 Å². The minimum absolute atomic E-state index is 0. The maximum atomic E-state index is 13.0. The molecule has 13 rings (SSSR count). The Balaban J connectivity index is 0.000000246. The lowest BCUT2D eigenvalue weighted by atomic mass is 9.76. The fraction of sp³-hybridized carbons (Fsp3) is 0.580. The summed E-state index contributed by atoms with van der Waals surface area (Å²) >= 11 is 0. The number of ether oxygens (including phenoxy) is 17. The third-order valence-electron chi connectivity index (χ3n) is 22.2. The Morgan fingerprint density at radius 3 is 1.02 bits per heavy atom. The van der Waals surface area contributed by atoms with Gasteiger partial charge >= 0.3 is 30.3 Å². The number of carbonyl (C=O) groups is 5. The fourth-order valence-corrected chi connectivity index (χ4v) is 15.7. The van der Waals surface area contributed by atoms with Gasteiger partial charge in [-0.3, -0.25) is 9.54 Å². The van der Waals surface area contributed by atoms with Crippen LogP contribution in [0.1, 0.15) is 116 Å². The number of nitrogens with zero attached hydrogens (tertiary/aromatic N) is 1. The number of esters is 1. The highest BCUT2D eigenvalue weighted by atomic mass is 31.0. The summed E-state index contributed by atoms with van der Waals surface area (Å²) in [6.07, 6.45) is -6.31. The average Bonchev–Trinajstić information content (AvgIpc) is 1.58. The summed E-state index contributed by atoms with van der Waals surface area (Å²) < 4.78 is 107. The highest BCUT2D eigenvalue weighted by molar-refractivity contribution is 7.03. The van der Waals surface area contributed by atoms with Crippen molar-refractivity contribution in [3.63, 3.8) is 0 Å². The van der Waals surface area contributed by atoms with Crippen molar-refractivity contribution in [3.05, 3.63) is 192 Å². The van der Waals surface area contributed by atoms with Gasteiger partial charge in [0.15, 0.2) is 37.7 Å². The number of alkyl carbamates (subject to hydrolysis) is 4. The molecule has 11 N–H and O–H groups in total. The molecule has 0 unspecified atom stereocenters. The Kier molecular flexibility index (Phi) is 37.6. The molecule has 4 amide bonds. The number of nitrogens with one attached hydrogen (secondary N) is 4. The summed E-state index contributed by atoms with van der Waals surface area (Å²) in [4.78, 5) is 64.3. The van der Waals surface area contributed by atoms with Crippen LogP contribution in [0.5, 0.6) is 0 Å². The largest absolute Gasteiger partial charge is 0.459 e. The molecule has 2 saturated carbocycles. The molecule has 0 radical (unpaired) electrons. The zero-order chi connectivity index (χ0) is 86.1. The number of carbonyl (C=O) groups excluding carboxylic acids is 5. The van der Waals surface area contributed by atoms with Crippen molar-refractivity contribution in [3.8, 4) is 0 Å². The number of amides is 4. The molecule has 670 valence electrons. The standard InChI is InChI=1S/C44H56N2O14.C42H57N3O13.CH4NP.CH4/c1-4-29-16-18-31(45-43(50)52-23-26-12-8-6-9-13-26)40(54-29)58-36-25(3)20-28-21-34(48)57-37(28)39(36)60-42-35(49)38(33(22-47)56-42)59-41-32(19-17-30(5-2)55-41)46-44(51)53-24-27-14-10-7-11-15-27;1-4-27-16-18-30(44-41(49)51-22-25-12-8-6-9-13-25)38(53-27)56-35-24(3)20-29(43)33(47)37(35)58-40-34(48)36(32(21-46)55-40)57-39-31(19-17-28(5-2)54-39)45-42(50)52-23-26-14-10-7-11-15-26;1-2-3;/h6-19,25,28-33,35-42,47,49H,4-5,20-24H2,1-3H3,(H,45,50)(H,46,51);6-19,24,27-40,46-48H,4-5,20-23,43H2,1-3H3,(H,44,49)(H,45,50);3H,1H3;1H4/t25-,28-,29+,30-,31+,32+,33+,35+,36+,37-,38+,39-,40+,41+,42-;24-,27+,28-,29+,30+,31+,32+,33-,34+,35+,36+,37+,38+,39+,40-;;/m00../s1. The van der Waals surface area contributed by atoms with Gasteiger partial charge in [0.25, 0.3) is 0 Å². The van der Waals surface area contributed by atoms with Gasteiger partial charge in [0.05, 0.1) is 62.4 Å². The molecule has 33 nitrogen and oxygen atoms in total. The van der Waals surface area contributed by atoms with Crippen LogP contribution < -0.4 is 27.0 Å². The van der Waals surface area contributed by atoms with E-state index in [1.54, 1.807) is 31.4 Å². The van der Waals surface area contributed by atoms with Crippen LogP contribution >= 0.6 is 9.03 Å². The first-order valence-corrected chi connectivity index (χ1v) is 42.0. The van der Waals surface area contributed by atoms with E-state index in [-0.39, 0.29) is 88.4 Å². The van der Waals surface area contributed by atoms with E-state index in [2.05, 4.69) is 35.0 Å². The van der Waals surface area contributed by atoms with Gasteiger partial charge in [-0.2, -0.15) is 0 Å². The van der Waals surface area contributed by atoms with Crippen LogP contribution in [-0.4, -0.2) is 242 Å². The third kappa shape index (κ3) is 26.4. The number of nitrogens with two attached hydrogens (primary N) is 1. The van der Waals surface area contributed by atoms with E-state index < -0.39 is 179 Å². The van der Waals surface area contributed by atoms with Gasteiger partial charge in [0.2, 0.25) is 0 Å². The molecule has 0 bridgehead atoms. The summed E-state index contributed by atoms with van der Waals surface area (Å²) in [6, 6.07) is 33.2. The number of fused-ring (bicyclic) bond motifs is 1. The summed E-state index contributed by atoms with van der Waals surface area (Å²) in [6.45, 7) is 10.8. The van der Waals surface area contributed by atoms with Crippen LogP contribution in [0.4, 0.5) is 19.2 Å². The predicted molar refractivity (Wildman–Crippen MR) is 442 cm³/mol. The van der Waals surface area contributed by atoms with Gasteiger partial charge in [-0.15, -0.1) is 0 Å². The van der Waals surface area contributed by atoms with E-state index in [1.165, 1.54) is 0 Å². The molecule has 9 aliphatic rings. The Morgan fingerprint density at radius 2 is 0.713 bits per heavy atom. The number of hydrogen-bond acceptors (Lipinski definition) is 29. The quantitative estimate of drug-likeness (QED) is 0.0101. The fourth-order valence-electron chi connectivity index (χ4n) is 15.7. The summed E-state index contributed by atoms with van der Waals surface area (Å²) in [7, 11) is 4.47. The van der Waals surface area contributed by atoms with Gasteiger partial charge in [-0.1, -0.05) is 219 Å². The molecule has 2 aliphatic carbocycles. The monoisotopic (exact) mass is 1720 g/mol. The molecule has 4 aromatic carbocycles. The molecule has 3 saturated heterocycles. The van der Waals surface area contributed by atoms with E-state index in [1.807, 2.05) is 187 Å². The average molecular weight is 1730 g/mol. The van der Waals surface area contributed by atoms with Crippen molar-refractivity contribution < 1.29 is 130 Å². The van der Waals surface area contributed by atoms with Crippen LogP contribution in [0.3, 0.4) is 0 Å².